The zero-order valence-corrected chi connectivity index (χ0v) is 18.9. The smallest absolute Gasteiger partial charge is 0.295 e. The molecule has 1 aliphatic heterocycles. The lowest BCUT2D eigenvalue weighted by Crippen LogP contribution is -2.40. The van der Waals surface area contributed by atoms with Crippen molar-refractivity contribution in [1.29, 1.82) is 0 Å². The molecule has 11 heteroatoms. The molecule has 10 nitrogen and oxygen atoms in total. The highest BCUT2D eigenvalue weighted by molar-refractivity contribution is 7.89. The standard InChI is InChI=1S/C21H27N5O5S/c1-3-24(4-2)18-7-5-17(6-8-18)16-22-23-20-10-9-19(15-21(20)26(27)28)32(29,30)25-11-13-31-14-12-25/h5-10,15-16,23H,3-4,11-14H2,1-2H3/b22-16-. The Morgan fingerprint density at radius 3 is 2.41 bits per heavy atom. The third-order valence-electron chi connectivity index (χ3n) is 5.19. The van der Waals surface area contributed by atoms with E-state index < -0.39 is 14.9 Å². The molecule has 0 radical (unpaired) electrons. The number of hydrazone groups is 1. The van der Waals surface area contributed by atoms with E-state index in [-0.39, 0.29) is 29.4 Å². The zero-order chi connectivity index (χ0) is 23.1. The first kappa shape index (κ1) is 23.6. The largest absolute Gasteiger partial charge is 0.379 e. The van der Waals surface area contributed by atoms with Gasteiger partial charge in [0.15, 0.2) is 0 Å². The molecule has 0 saturated carbocycles. The summed E-state index contributed by atoms with van der Waals surface area (Å²) in [6, 6.07) is 11.5. The van der Waals surface area contributed by atoms with Gasteiger partial charge in [0, 0.05) is 37.9 Å². The second-order valence-electron chi connectivity index (χ2n) is 7.09. The van der Waals surface area contributed by atoms with Crippen molar-refractivity contribution >= 4 is 33.3 Å². The Balaban J connectivity index is 1.76. The predicted molar refractivity (Wildman–Crippen MR) is 124 cm³/mol. The van der Waals surface area contributed by atoms with Crippen molar-refractivity contribution in [2.24, 2.45) is 5.10 Å². The first-order chi connectivity index (χ1) is 15.4. The maximum absolute atomic E-state index is 12.8. The van der Waals surface area contributed by atoms with Crippen LogP contribution in [0.25, 0.3) is 0 Å². The third kappa shape index (κ3) is 5.42. The second kappa shape index (κ2) is 10.5. The molecule has 1 heterocycles. The lowest BCUT2D eigenvalue weighted by molar-refractivity contribution is -0.384. The number of nitrogens with zero attached hydrogens (tertiary/aromatic N) is 4. The van der Waals surface area contributed by atoms with Crippen LogP contribution in [-0.4, -0.2) is 63.3 Å². The van der Waals surface area contributed by atoms with Crippen molar-refractivity contribution in [3.8, 4) is 0 Å². The van der Waals surface area contributed by atoms with Gasteiger partial charge in [0.2, 0.25) is 10.0 Å². The van der Waals surface area contributed by atoms with Gasteiger partial charge in [-0.2, -0.15) is 9.41 Å². The zero-order valence-electron chi connectivity index (χ0n) is 18.1. The summed E-state index contributed by atoms with van der Waals surface area (Å²) < 4.78 is 32.0. The molecule has 0 atom stereocenters. The maximum Gasteiger partial charge on any atom is 0.295 e. The van der Waals surface area contributed by atoms with Crippen LogP contribution in [0.3, 0.4) is 0 Å². The number of hydrogen-bond donors (Lipinski definition) is 1. The van der Waals surface area contributed by atoms with Gasteiger partial charge in [-0.15, -0.1) is 0 Å². The Bertz CT molecular complexity index is 1060. The van der Waals surface area contributed by atoms with Crippen molar-refractivity contribution in [3.63, 3.8) is 0 Å². The first-order valence-electron chi connectivity index (χ1n) is 10.4. The summed E-state index contributed by atoms with van der Waals surface area (Å²) in [4.78, 5) is 13.0. The first-order valence-corrected chi connectivity index (χ1v) is 11.8. The van der Waals surface area contributed by atoms with Gasteiger partial charge in [-0.1, -0.05) is 12.1 Å². The van der Waals surface area contributed by atoms with Gasteiger partial charge in [-0.05, 0) is 43.7 Å². The molecule has 0 unspecified atom stereocenters. The summed E-state index contributed by atoms with van der Waals surface area (Å²) in [6.07, 6.45) is 1.55. The molecule has 3 rings (SSSR count). The van der Waals surface area contributed by atoms with Crippen LogP contribution in [0.2, 0.25) is 0 Å². The number of morpholine rings is 1. The van der Waals surface area contributed by atoms with E-state index in [0.29, 0.717) is 13.2 Å². The molecule has 172 valence electrons. The Morgan fingerprint density at radius 2 is 1.81 bits per heavy atom. The number of ether oxygens (including phenoxy) is 1. The third-order valence-corrected chi connectivity index (χ3v) is 7.09. The molecule has 0 aliphatic carbocycles. The quantitative estimate of drug-likeness (QED) is 0.347. The summed E-state index contributed by atoms with van der Waals surface area (Å²) in [5.41, 5.74) is 4.31. The fraction of sp³-hybridized carbons (Fsp3) is 0.381. The summed E-state index contributed by atoms with van der Waals surface area (Å²) in [5.74, 6) is 0. The maximum atomic E-state index is 12.8. The van der Waals surface area contributed by atoms with Crippen molar-refractivity contribution in [2.45, 2.75) is 18.7 Å². The van der Waals surface area contributed by atoms with Crippen molar-refractivity contribution in [2.75, 3.05) is 49.7 Å². The molecule has 1 N–H and O–H groups in total. The molecule has 0 bridgehead atoms. The van der Waals surface area contributed by atoms with E-state index in [1.165, 1.54) is 16.4 Å². The van der Waals surface area contributed by atoms with E-state index in [4.69, 9.17) is 4.74 Å². The van der Waals surface area contributed by atoms with Crippen LogP contribution in [0, 0.1) is 10.1 Å². The minimum Gasteiger partial charge on any atom is -0.379 e. The topological polar surface area (TPSA) is 117 Å². The highest BCUT2D eigenvalue weighted by atomic mass is 32.2. The highest BCUT2D eigenvalue weighted by Gasteiger charge is 2.28. The van der Waals surface area contributed by atoms with Crippen molar-refractivity contribution < 1.29 is 18.1 Å². The minimum atomic E-state index is -3.84. The molecule has 1 fully saturated rings. The number of benzene rings is 2. The van der Waals surface area contributed by atoms with Crippen LogP contribution in [0.4, 0.5) is 17.1 Å². The Labute approximate surface area is 187 Å². The molecule has 2 aromatic carbocycles. The Kier molecular flexibility index (Phi) is 7.78. The van der Waals surface area contributed by atoms with E-state index in [2.05, 4.69) is 29.3 Å². The molecule has 32 heavy (non-hydrogen) atoms. The molecule has 0 amide bonds. The van der Waals surface area contributed by atoms with Crippen LogP contribution >= 0.6 is 0 Å². The Morgan fingerprint density at radius 1 is 1.16 bits per heavy atom. The van der Waals surface area contributed by atoms with Gasteiger partial charge >= 0.3 is 0 Å². The summed E-state index contributed by atoms with van der Waals surface area (Å²) in [7, 11) is -3.84. The molecular weight excluding hydrogens is 434 g/mol. The molecule has 0 aromatic heterocycles. The Hall–Kier alpha value is -3.02. The van der Waals surface area contributed by atoms with E-state index in [1.54, 1.807) is 6.21 Å². The van der Waals surface area contributed by atoms with Crippen LogP contribution in [0.1, 0.15) is 19.4 Å². The van der Waals surface area contributed by atoms with Gasteiger partial charge in [0.1, 0.15) is 5.69 Å². The number of sulfonamides is 1. The minimum absolute atomic E-state index is 0.104. The van der Waals surface area contributed by atoms with Crippen molar-refractivity contribution in [3.05, 3.63) is 58.1 Å². The van der Waals surface area contributed by atoms with Crippen LogP contribution in [-0.2, 0) is 14.8 Å². The molecule has 1 aliphatic rings. The number of nitrogens with one attached hydrogen (secondary N) is 1. The fourth-order valence-corrected chi connectivity index (χ4v) is 4.82. The van der Waals surface area contributed by atoms with Gasteiger partial charge in [0.05, 0.1) is 29.2 Å². The lowest BCUT2D eigenvalue weighted by atomic mass is 10.2. The van der Waals surface area contributed by atoms with E-state index >= 15 is 0 Å². The SMILES string of the molecule is CCN(CC)c1ccc(/C=N\Nc2ccc(S(=O)(=O)N3CCOCC3)cc2[N+](=O)[O-])cc1. The van der Waals surface area contributed by atoms with Gasteiger partial charge < -0.3 is 9.64 Å². The molecule has 0 spiro atoms. The molecule has 2 aromatic rings. The number of nitro groups is 1. The van der Waals surface area contributed by atoms with Gasteiger partial charge in [-0.25, -0.2) is 8.42 Å². The predicted octanol–water partition coefficient (Wildman–Crippen LogP) is 2.91. The average Bonchev–Trinajstić information content (AvgIpc) is 2.81. The molecule has 1 saturated heterocycles. The van der Waals surface area contributed by atoms with Crippen LogP contribution in [0.5, 0.6) is 0 Å². The highest BCUT2D eigenvalue weighted by Crippen LogP contribution is 2.29. The summed E-state index contributed by atoms with van der Waals surface area (Å²) in [5, 5.41) is 15.6. The normalized spacial score (nSPS) is 15.1. The van der Waals surface area contributed by atoms with Crippen LogP contribution in [0.15, 0.2) is 52.5 Å². The second-order valence-corrected chi connectivity index (χ2v) is 9.02. The van der Waals surface area contributed by atoms with Crippen LogP contribution < -0.4 is 10.3 Å². The van der Waals surface area contributed by atoms with E-state index in [0.717, 1.165) is 30.4 Å². The fourth-order valence-electron chi connectivity index (χ4n) is 3.39. The number of rotatable bonds is 9. The number of anilines is 2. The number of hydrogen-bond acceptors (Lipinski definition) is 8. The lowest BCUT2D eigenvalue weighted by Gasteiger charge is -2.26. The number of nitro benzene ring substituents is 1. The van der Waals surface area contributed by atoms with E-state index in [1.807, 2.05) is 24.3 Å². The van der Waals surface area contributed by atoms with Gasteiger partial charge in [-0.3, -0.25) is 15.5 Å². The van der Waals surface area contributed by atoms with Gasteiger partial charge in [0.25, 0.3) is 5.69 Å². The van der Waals surface area contributed by atoms with Crippen molar-refractivity contribution in [1.82, 2.24) is 4.31 Å². The summed E-state index contributed by atoms with van der Waals surface area (Å²) >= 11 is 0. The average molecular weight is 462 g/mol. The monoisotopic (exact) mass is 461 g/mol. The molecular formula is C21H27N5O5S. The van der Waals surface area contributed by atoms with E-state index in [9.17, 15) is 18.5 Å². The summed E-state index contributed by atoms with van der Waals surface area (Å²) in [6.45, 7) is 7.03.